The lowest BCUT2D eigenvalue weighted by atomic mass is 9.92. The lowest BCUT2D eigenvalue weighted by molar-refractivity contribution is -0.118. The van der Waals surface area contributed by atoms with Crippen LogP contribution in [0.3, 0.4) is 0 Å². The van der Waals surface area contributed by atoms with E-state index >= 15 is 0 Å². The number of rotatable bonds is 6. The van der Waals surface area contributed by atoms with Crippen LogP contribution in [0.4, 0.5) is 10.1 Å². The Bertz CT molecular complexity index is 1150. The Kier molecular flexibility index (Phi) is 5.67. The van der Waals surface area contributed by atoms with Gasteiger partial charge in [0.05, 0.1) is 11.6 Å². The van der Waals surface area contributed by atoms with E-state index in [-0.39, 0.29) is 17.8 Å². The molecule has 156 valence electrons. The van der Waals surface area contributed by atoms with Crippen molar-refractivity contribution >= 4 is 17.4 Å². The summed E-state index contributed by atoms with van der Waals surface area (Å²) in [6, 6.07) is 21.7. The Balaban J connectivity index is 1.73. The Labute approximate surface area is 180 Å². The van der Waals surface area contributed by atoms with Gasteiger partial charge in [-0.25, -0.2) is 4.39 Å². The van der Waals surface area contributed by atoms with Gasteiger partial charge < -0.3 is 5.11 Å². The molecule has 1 N–H and O–H groups in total. The molecule has 0 aromatic heterocycles. The van der Waals surface area contributed by atoms with Gasteiger partial charge >= 0.3 is 0 Å². The topological polar surface area (TPSA) is 57.6 Å². The second-order valence-electron chi connectivity index (χ2n) is 7.64. The minimum atomic E-state index is -0.777. The van der Waals surface area contributed by atoms with Gasteiger partial charge in [-0.1, -0.05) is 60.2 Å². The van der Waals surface area contributed by atoms with Crippen molar-refractivity contribution in [1.82, 2.24) is 0 Å². The molecule has 0 bridgehead atoms. The number of hydrogen-bond donors (Lipinski definition) is 1. The molecule has 0 saturated carbocycles. The van der Waals surface area contributed by atoms with Gasteiger partial charge in [0.1, 0.15) is 5.82 Å². The molecule has 1 unspecified atom stereocenters. The van der Waals surface area contributed by atoms with E-state index in [2.05, 4.69) is 0 Å². The first-order valence-corrected chi connectivity index (χ1v) is 10.1. The van der Waals surface area contributed by atoms with E-state index in [1.807, 2.05) is 61.5 Å². The van der Waals surface area contributed by atoms with Gasteiger partial charge in [-0.15, -0.1) is 0 Å². The standard InChI is InChI=1S/C26H22FNO3/c1-17-6-5-9-19(16-17)24-23(22(29)15-10-18-7-3-2-4-8-18)25(30)26(31)28(24)21-13-11-20(27)12-14-21/h2-9,11-14,16,24,30H,10,15H2,1H3. The largest absolute Gasteiger partial charge is 0.503 e. The molecule has 3 aromatic carbocycles. The molecule has 3 aromatic rings. The van der Waals surface area contributed by atoms with Crippen molar-refractivity contribution in [3.05, 3.63) is 113 Å². The van der Waals surface area contributed by atoms with Crippen LogP contribution in [0.5, 0.6) is 0 Å². The molecule has 1 aliphatic heterocycles. The fourth-order valence-corrected chi connectivity index (χ4v) is 3.95. The maximum absolute atomic E-state index is 13.5. The van der Waals surface area contributed by atoms with Gasteiger partial charge in [0, 0.05) is 12.1 Å². The lowest BCUT2D eigenvalue weighted by Gasteiger charge is -2.27. The number of Topliss-reactive ketones (excluding diaryl/α,β-unsaturated/α-hetero) is 1. The Morgan fingerprint density at radius 1 is 1.00 bits per heavy atom. The number of ketones is 1. The second-order valence-corrected chi connectivity index (χ2v) is 7.64. The summed E-state index contributed by atoms with van der Waals surface area (Å²) in [6.07, 6.45) is 0.665. The second kappa shape index (κ2) is 8.56. The summed E-state index contributed by atoms with van der Waals surface area (Å²) in [5, 5.41) is 10.7. The van der Waals surface area contributed by atoms with Crippen molar-refractivity contribution in [2.45, 2.75) is 25.8 Å². The van der Waals surface area contributed by atoms with E-state index in [4.69, 9.17) is 0 Å². The zero-order chi connectivity index (χ0) is 22.0. The number of hydrogen-bond acceptors (Lipinski definition) is 3. The van der Waals surface area contributed by atoms with E-state index in [1.54, 1.807) is 0 Å². The molecule has 4 rings (SSSR count). The van der Waals surface area contributed by atoms with Crippen LogP contribution in [-0.2, 0) is 16.0 Å². The smallest absolute Gasteiger partial charge is 0.294 e. The Morgan fingerprint density at radius 3 is 2.39 bits per heavy atom. The Morgan fingerprint density at radius 2 is 1.71 bits per heavy atom. The minimum absolute atomic E-state index is 0.0795. The predicted octanol–water partition coefficient (Wildman–Crippen LogP) is 5.24. The average molecular weight is 415 g/mol. The number of amides is 1. The van der Waals surface area contributed by atoms with Crippen LogP contribution >= 0.6 is 0 Å². The summed E-state index contributed by atoms with van der Waals surface area (Å²) >= 11 is 0. The number of aliphatic hydroxyl groups excluding tert-OH is 1. The van der Waals surface area contributed by atoms with Crippen molar-refractivity contribution in [2.24, 2.45) is 0 Å². The third-order valence-electron chi connectivity index (χ3n) is 5.45. The predicted molar refractivity (Wildman–Crippen MR) is 117 cm³/mol. The van der Waals surface area contributed by atoms with Gasteiger partial charge in [-0.2, -0.15) is 0 Å². The van der Waals surface area contributed by atoms with Gasteiger partial charge in [0.15, 0.2) is 11.5 Å². The molecule has 31 heavy (non-hydrogen) atoms. The zero-order valence-electron chi connectivity index (χ0n) is 17.1. The first kappa shape index (κ1) is 20.5. The number of benzene rings is 3. The zero-order valence-corrected chi connectivity index (χ0v) is 17.1. The summed E-state index contributed by atoms with van der Waals surface area (Å²) in [6.45, 7) is 1.92. The monoisotopic (exact) mass is 415 g/mol. The fraction of sp³-hybridized carbons (Fsp3) is 0.154. The van der Waals surface area contributed by atoms with Crippen molar-refractivity contribution in [3.63, 3.8) is 0 Å². The normalized spacial score (nSPS) is 16.1. The highest BCUT2D eigenvalue weighted by atomic mass is 19.1. The van der Waals surface area contributed by atoms with Crippen molar-refractivity contribution < 1.29 is 19.1 Å². The van der Waals surface area contributed by atoms with E-state index < -0.39 is 23.5 Å². The molecule has 5 heteroatoms. The highest BCUT2D eigenvalue weighted by Crippen LogP contribution is 2.41. The summed E-state index contributed by atoms with van der Waals surface area (Å²) in [7, 11) is 0. The lowest BCUT2D eigenvalue weighted by Crippen LogP contribution is -2.31. The molecule has 0 saturated heterocycles. The van der Waals surface area contributed by atoms with Crippen LogP contribution in [0.25, 0.3) is 0 Å². The molecule has 0 fully saturated rings. The molecule has 1 atom stereocenters. The van der Waals surface area contributed by atoms with Crippen molar-refractivity contribution in [2.75, 3.05) is 4.90 Å². The van der Waals surface area contributed by atoms with Gasteiger partial charge in [-0.05, 0) is 48.7 Å². The third kappa shape index (κ3) is 4.12. The van der Waals surface area contributed by atoms with E-state index in [1.165, 1.54) is 29.2 Å². The number of aryl methyl sites for hydroxylation is 2. The van der Waals surface area contributed by atoms with Crippen LogP contribution < -0.4 is 4.90 Å². The molecule has 4 nitrogen and oxygen atoms in total. The molecule has 1 heterocycles. The van der Waals surface area contributed by atoms with E-state index in [0.717, 1.165) is 11.1 Å². The number of nitrogens with zero attached hydrogens (tertiary/aromatic N) is 1. The van der Waals surface area contributed by atoms with E-state index in [0.29, 0.717) is 17.7 Å². The first-order chi connectivity index (χ1) is 15.0. The number of carbonyl (C=O) groups excluding carboxylic acids is 2. The SMILES string of the molecule is Cc1cccc(C2C(C(=O)CCc3ccccc3)=C(O)C(=O)N2c2ccc(F)cc2)c1. The molecule has 1 amide bonds. The molecule has 0 spiro atoms. The quantitative estimate of drug-likeness (QED) is 0.599. The van der Waals surface area contributed by atoms with Crippen LogP contribution in [0.15, 0.2) is 90.2 Å². The van der Waals surface area contributed by atoms with Gasteiger partial charge in [0.2, 0.25) is 0 Å². The summed E-state index contributed by atoms with van der Waals surface area (Å²) in [5.41, 5.74) is 3.17. The number of halogens is 1. The van der Waals surface area contributed by atoms with Gasteiger partial charge in [0.25, 0.3) is 5.91 Å². The highest BCUT2D eigenvalue weighted by molar-refractivity contribution is 6.16. The summed E-state index contributed by atoms with van der Waals surface area (Å²) in [5.74, 6) is -1.93. The maximum Gasteiger partial charge on any atom is 0.294 e. The van der Waals surface area contributed by atoms with Crippen molar-refractivity contribution in [1.29, 1.82) is 0 Å². The number of anilines is 1. The molecule has 0 radical (unpaired) electrons. The molecular weight excluding hydrogens is 393 g/mol. The third-order valence-corrected chi connectivity index (χ3v) is 5.45. The molecule has 1 aliphatic rings. The minimum Gasteiger partial charge on any atom is -0.503 e. The Hall–Kier alpha value is -3.73. The van der Waals surface area contributed by atoms with Crippen LogP contribution in [0.2, 0.25) is 0 Å². The van der Waals surface area contributed by atoms with Gasteiger partial charge in [-0.3, -0.25) is 14.5 Å². The number of aliphatic hydroxyl groups is 1. The van der Waals surface area contributed by atoms with Crippen LogP contribution in [-0.4, -0.2) is 16.8 Å². The van der Waals surface area contributed by atoms with Crippen LogP contribution in [0, 0.1) is 12.7 Å². The first-order valence-electron chi connectivity index (χ1n) is 10.1. The van der Waals surface area contributed by atoms with Crippen molar-refractivity contribution in [3.8, 4) is 0 Å². The molecule has 0 aliphatic carbocycles. The maximum atomic E-state index is 13.5. The summed E-state index contributed by atoms with van der Waals surface area (Å²) < 4.78 is 13.5. The molecular formula is C26H22FNO3. The van der Waals surface area contributed by atoms with E-state index in [9.17, 15) is 19.1 Å². The fourth-order valence-electron chi connectivity index (χ4n) is 3.95. The van der Waals surface area contributed by atoms with Crippen LogP contribution in [0.1, 0.15) is 29.2 Å². The number of carbonyl (C=O) groups is 2. The average Bonchev–Trinajstić information content (AvgIpc) is 3.04. The summed E-state index contributed by atoms with van der Waals surface area (Å²) in [4.78, 5) is 27.6. The highest BCUT2D eigenvalue weighted by Gasteiger charge is 2.44.